The Balaban J connectivity index is 2.05. The van der Waals surface area contributed by atoms with Gasteiger partial charge in [-0.05, 0) is 6.42 Å². The van der Waals surface area contributed by atoms with Crippen LogP contribution in [0.1, 0.15) is 18.4 Å². The third kappa shape index (κ3) is 5.62. The van der Waals surface area contributed by atoms with Crippen molar-refractivity contribution in [1.82, 2.24) is 15.6 Å². The van der Waals surface area contributed by atoms with Crippen molar-refractivity contribution >= 4 is 23.3 Å². The third-order valence-corrected chi connectivity index (χ3v) is 3.23. The summed E-state index contributed by atoms with van der Waals surface area (Å²) in [5, 5.41) is 16.8. The molecule has 0 bridgehead atoms. The fourth-order valence-corrected chi connectivity index (χ4v) is 1.87. The van der Waals surface area contributed by atoms with Crippen LogP contribution in [0.25, 0.3) is 0 Å². The number of rotatable bonds is 7. The molecule has 100 valence electrons. The van der Waals surface area contributed by atoms with Gasteiger partial charge in [-0.2, -0.15) is 0 Å². The van der Waals surface area contributed by atoms with Gasteiger partial charge in [0.05, 0.1) is 10.9 Å². The summed E-state index contributed by atoms with van der Waals surface area (Å²) in [5.41, 5.74) is 0. The highest BCUT2D eigenvalue weighted by Crippen LogP contribution is 2.03. The monoisotopic (exact) mass is 271 g/mol. The summed E-state index contributed by atoms with van der Waals surface area (Å²) in [4.78, 5) is 26.0. The first kappa shape index (κ1) is 14.4. The maximum atomic E-state index is 11.3. The Morgan fingerprint density at radius 1 is 1.44 bits per heavy atom. The molecular formula is C11H17N3O3S. The van der Waals surface area contributed by atoms with E-state index in [4.69, 9.17) is 5.11 Å². The molecule has 0 aliphatic rings. The molecule has 3 N–H and O–H groups in total. The van der Waals surface area contributed by atoms with Crippen molar-refractivity contribution in [2.45, 2.75) is 19.8 Å². The lowest BCUT2D eigenvalue weighted by Crippen LogP contribution is -2.37. The predicted octanol–water partition coefficient (Wildman–Crippen LogP) is 1.10. The number of amides is 2. The van der Waals surface area contributed by atoms with Crippen LogP contribution >= 0.6 is 11.3 Å². The molecule has 0 saturated heterocycles. The molecule has 2 amide bonds. The lowest BCUT2D eigenvalue weighted by Gasteiger charge is -2.08. The van der Waals surface area contributed by atoms with E-state index in [0.29, 0.717) is 25.9 Å². The van der Waals surface area contributed by atoms with Gasteiger partial charge < -0.3 is 15.7 Å². The zero-order chi connectivity index (χ0) is 13.4. The van der Waals surface area contributed by atoms with E-state index < -0.39 is 11.9 Å². The number of nitrogens with zero attached hydrogens (tertiary/aromatic N) is 1. The first-order chi connectivity index (χ1) is 8.59. The van der Waals surface area contributed by atoms with Crippen molar-refractivity contribution in [3.05, 3.63) is 16.6 Å². The molecule has 1 aromatic heterocycles. The quantitative estimate of drug-likeness (QED) is 0.692. The Hall–Kier alpha value is -1.63. The summed E-state index contributed by atoms with van der Waals surface area (Å²) in [6.45, 7) is 2.49. The molecule has 1 atom stereocenters. The average Bonchev–Trinajstić information content (AvgIpc) is 2.81. The van der Waals surface area contributed by atoms with E-state index in [2.05, 4.69) is 15.6 Å². The van der Waals surface area contributed by atoms with Crippen molar-refractivity contribution < 1.29 is 14.7 Å². The summed E-state index contributed by atoms with van der Waals surface area (Å²) in [5.74, 6) is -1.29. The van der Waals surface area contributed by atoms with Gasteiger partial charge in [0.15, 0.2) is 0 Å². The standard InChI is InChI=1S/C11H17N3O3S/c1-8(10(15)16)2-4-13-11(17)14-5-3-9-12-6-7-18-9/h6-8H,2-5H2,1H3,(H,15,16)(H2,13,14,17). The second-order valence-corrected chi connectivity index (χ2v) is 4.87. The fraction of sp³-hybridized carbons (Fsp3) is 0.545. The van der Waals surface area contributed by atoms with Gasteiger partial charge in [0.1, 0.15) is 0 Å². The van der Waals surface area contributed by atoms with Gasteiger partial charge in [-0.15, -0.1) is 11.3 Å². The van der Waals surface area contributed by atoms with Gasteiger partial charge in [0.25, 0.3) is 0 Å². The summed E-state index contributed by atoms with van der Waals surface area (Å²) in [6, 6.07) is -0.274. The molecule has 0 aliphatic heterocycles. The Morgan fingerprint density at radius 2 is 2.17 bits per heavy atom. The summed E-state index contributed by atoms with van der Waals surface area (Å²) >= 11 is 1.55. The number of carboxylic acids is 1. The molecule has 1 heterocycles. The molecule has 0 aromatic carbocycles. The number of nitrogens with one attached hydrogen (secondary N) is 2. The molecule has 1 aromatic rings. The van der Waals surface area contributed by atoms with Crippen LogP contribution in [0, 0.1) is 5.92 Å². The normalized spacial score (nSPS) is 11.8. The maximum absolute atomic E-state index is 11.3. The highest BCUT2D eigenvalue weighted by atomic mass is 32.1. The molecule has 18 heavy (non-hydrogen) atoms. The average molecular weight is 271 g/mol. The zero-order valence-corrected chi connectivity index (χ0v) is 11.0. The largest absolute Gasteiger partial charge is 0.481 e. The molecule has 0 fully saturated rings. The molecular weight excluding hydrogens is 254 g/mol. The number of aliphatic carboxylic acids is 1. The highest BCUT2D eigenvalue weighted by Gasteiger charge is 2.10. The number of thiazole rings is 1. The third-order valence-electron chi connectivity index (χ3n) is 2.39. The van der Waals surface area contributed by atoms with Crippen molar-refractivity contribution in [2.75, 3.05) is 13.1 Å². The van der Waals surface area contributed by atoms with Crippen LogP contribution < -0.4 is 10.6 Å². The SMILES string of the molecule is CC(CCNC(=O)NCCc1nccs1)C(=O)O. The van der Waals surface area contributed by atoms with E-state index in [-0.39, 0.29) is 6.03 Å². The minimum Gasteiger partial charge on any atom is -0.481 e. The zero-order valence-electron chi connectivity index (χ0n) is 10.2. The number of carboxylic acid groups (broad SMARTS) is 1. The van der Waals surface area contributed by atoms with Crippen LogP contribution in [0.5, 0.6) is 0 Å². The van der Waals surface area contributed by atoms with Crippen LogP contribution in [0.15, 0.2) is 11.6 Å². The van der Waals surface area contributed by atoms with E-state index in [0.717, 1.165) is 5.01 Å². The Kier molecular flexibility index (Phi) is 6.13. The van der Waals surface area contributed by atoms with E-state index in [1.165, 1.54) is 0 Å². The van der Waals surface area contributed by atoms with Gasteiger partial charge in [0.2, 0.25) is 0 Å². The molecule has 7 heteroatoms. The van der Waals surface area contributed by atoms with Gasteiger partial charge in [-0.1, -0.05) is 6.92 Å². The molecule has 0 radical (unpaired) electrons. The van der Waals surface area contributed by atoms with Crippen LogP contribution in [0.2, 0.25) is 0 Å². The van der Waals surface area contributed by atoms with E-state index in [1.807, 2.05) is 5.38 Å². The summed E-state index contributed by atoms with van der Waals surface area (Å²) < 4.78 is 0. The molecule has 1 rings (SSSR count). The van der Waals surface area contributed by atoms with Gasteiger partial charge in [0, 0.05) is 31.1 Å². The van der Waals surface area contributed by atoms with Gasteiger partial charge in [-0.25, -0.2) is 9.78 Å². The van der Waals surface area contributed by atoms with E-state index in [1.54, 1.807) is 24.5 Å². The smallest absolute Gasteiger partial charge is 0.314 e. The van der Waals surface area contributed by atoms with Crippen LogP contribution in [-0.4, -0.2) is 35.2 Å². The first-order valence-electron chi connectivity index (χ1n) is 5.72. The lowest BCUT2D eigenvalue weighted by atomic mass is 10.1. The van der Waals surface area contributed by atoms with Crippen molar-refractivity contribution in [3.8, 4) is 0 Å². The molecule has 6 nitrogen and oxygen atoms in total. The van der Waals surface area contributed by atoms with Crippen LogP contribution in [0.3, 0.4) is 0 Å². The van der Waals surface area contributed by atoms with Crippen molar-refractivity contribution in [1.29, 1.82) is 0 Å². The number of carbonyl (C=O) groups excluding carboxylic acids is 1. The minimum absolute atomic E-state index is 0.274. The first-order valence-corrected chi connectivity index (χ1v) is 6.60. The van der Waals surface area contributed by atoms with E-state index in [9.17, 15) is 9.59 Å². The Morgan fingerprint density at radius 3 is 2.78 bits per heavy atom. The summed E-state index contributed by atoms with van der Waals surface area (Å²) in [7, 11) is 0. The molecule has 0 spiro atoms. The molecule has 1 unspecified atom stereocenters. The molecule has 0 saturated carbocycles. The highest BCUT2D eigenvalue weighted by molar-refractivity contribution is 7.09. The predicted molar refractivity (Wildman–Crippen MR) is 68.6 cm³/mol. The number of carbonyl (C=O) groups is 2. The second kappa shape index (κ2) is 7.65. The van der Waals surface area contributed by atoms with Crippen molar-refractivity contribution in [3.63, 3.8) is 0 Å². The van der Waals surface area contributed by atoms with Gasteiger partial charge >= 0.3 is 12.0 Å². The number of hydrogen-bond acceptors (Lipinski definition) is 4. The number of aromatic nitrogens is 1. The topological polar surface area (TPSA) is 91.3 Å². The van der Waals surface area contributed by atoms with Gasteiger partial charge in [-0.3, -0.25) is 4.79 Å². The second-order valence-electron chi connectivity index (χ2n) is 3.89. The Labute approximate surface area is 109 Å². The minimum atomic E-state index is -0.846. The molecule has 0 aliphatic carbocycles. The maximum Gasteiger partial charge on any atom is 0.314 e. The van der Waals surface area contributed by atoms with Crippen LogP contribution in [-0.2, 0) is 11.2 Å². The van der Waals surface area contributed by atoms with E-state index >= 15 is 0 Å². The fourth-order valence-electron chi connectivity index (χ4n) is 1.25. The number of hydrogen-bond donors (Lipinski definition) is 3. The summed E-state index contributed by atoms with van der Waals surface area (Å²) in [6.07, 6.45) is 2.86. The van der Waals surface area contributed by atoms with Crippen LogP contribution in [0.4, 0.5) is 4.79 Å². The Bertz CT molecular complexity index is 381. The van der Waals surface area contributed by atoms with Crippen molar-refractivity contribution in [2.24, 2.45) is 5.92 Å². The lowest BCUT2D eigenvalue weighted by molar-refractivity contribution is -0.141. The number of urea groups is 1.